The molecule has 0 saturated heterocycles. The molecule has 39 heavy (non-hydrogen) atoms. The predicted octanol–water partition coefficient (Wildman–Crippen LogP) is 6.38. The number of ether oxygens (including phenoxy) is 5. The molecule has 11 heteroatoms. The number of carbonyl (C=O) groups excluding carboxylic acids is 1. The van der Waals surface area contributed by atoms with Crippen LogP contribution in [0.3, 0.4) is 0 Å². The van der Waals surface area contributed by atoms with Crippen LogP contribution in [0.15, 0.2) is 59.2 Å². The normalized spacial score (nSPS) is 10.9. The van der Waals surface area contributed by atoms with E-state index in [1.165, 1.54) is 44.7 Å². The fourth-order valence-corrected chi connectivity index (χ4v) is 4.34. The van der Waals surface area contributed by atoms with Crippen LogP contribution in [0.1, 0.15) is 21.5 Å². The van der Waals surface area contributed by atoms with Gasteiger partial charge in [0.05, 0.1) is 50.6 Å². The summed E-state index contributed by atoms with van der Waals surface area (Å²) >= 11 is 3.52. The molecule has 0 aliphatic carbocycles. The standard InChI is InChI=1S/C28H27BrN2O8/c1-35-24-9-8-19(16-22(24)31(33)34)23(32)10-11-30-21-13-17(12-20(29)27(21)38-4)6-7-18-14-25(36-2)28(39-5)26(15-18)37-3/h6-16,30H,1-5H3/b7-6-,11-10-. The summed E-state index contributed by atoms with van der Waals surface area (Å²) < 4.78 is 27.4. The van der Waals surface area contributed by atoms with Crippen molar-refractivity contribution in [2.24, 2.45) is 0 Å². The largest absolute Gasteiger partial charge is 0.493 e. The Morgan fingerprint density at radius 2 is 1.41 bits per heavy atom. The minimum atomic E-state index is -0.600. The molecule has 0 aromatic heterocycles. The molecule has 0 amide bonds. The Morgan fingerprint density at radius 3 is 1.95 bits per heavy atom. The molecule has 10 nitrogen and oxygen atoms in total. The quantitative estimate of drug-likeness (QED) is 0.0832. The topological polar surface area (TPSA) is 118 Å². The first-order valence-electron chi connectivity index (χ1n) is 11.4. The monoisotopic (exact) mass is 598 g/mol. The van der Waals surface area contributed by atoms with Gasteiger partial charge in [0.2, 0.25) is 5.75 Å². The summed E-state index contributed by atoms with van der Waals surface area (Å²) in [7, 11) is 7.51. The van der Waals surface area contributed by atoms with E-state index in [2.05, 4.69) is 21.2 Å². The number of ketones is 1. The summed E-state index contributed by atoms with van der Waals surface area (Å²) in [4.78, 5) is 23.3. The van der Waals surface area contributed by atoms with Crippen molar-refractivity contribution in [3.8, 4) is 28.7 Å². The molecule has 3 aromatic rings. The molecule has 3 rings (SSSR count). The Labute approximate surface area is 234 Å². The van der Waals surface area contributed by atoms with Gasteiger partial charge in [-0.3, -0.25) is 14.9 Å². The SMILES string of the molecule is COc1ccc(C(=O)/C=C\Nc2cc(/C=C\c3cc(OC)c(OC)c(OC)c3)cc(Br)c2OC)cc1[N+](=O)[O-]. The number of hydrogen-bond donors (Lipinski definition) is 1. The first-order valence-corrected chi connectivity index (χ1v) is 12.2. The Kier molecular flexibility index (Phi) is 9.93. The Bertz CT molecular complexity index is 1410. The number of hydrogen-bond acceptors (Lipinski definition) is 9. The summed E-state index contributed by atoms with van der Waals surface area (Å²) in [5.41, 5.74) is 2.09. The highest BCUT2D eigenvalue weighted by Crippen LogP contribution is 2.39. The fraction of sp³-hybridized carbons (Fsp3) is 0.179. The van der Waals surface area contributed by atoms with Crippen LogP contribution in [0.25, 0.3) is 12.2 Å². The molecule has 0 fully saturated rings. The molecule has 1 N–H and O–H groups in total. The Hall–Kier alpha value is -4.51. The molecule has 0 spiro atoms. The number of methoxy groups -OCH3 is 5. The molecule has 0 heterocycles. The van der Waals surface area contributed by atoms with Crippen LogP contribution in [0, 0.1) is 10.1 Å². The number of allylic oxidation sites excluding steroid dienone is 1. The van der Waals surface area contributed by atoms with Gasteiger partial charge in [-0.2, -0.15) is 0 Å². The molecular formula is C28H27BrN2O8. The number of nitrogens with one attached hydrogen (secondary N) is 1. The second kappa shape index (κ2) is 13.3. The van der Waals surface area contributed by atoms with Gasteiger partial charge in [0.25, 0.3) is 0 Å². The third kappa shape index (κ3) is 6.88. The first-order chi connectivity index (χ1) is 18.8. The average molecular weight is 599 g/mol. The van der Waals surface area contributed by atoms with Gasteiger partial charge >= 0.3 is 5.69 Å². The van der Waals surface area contributed by atoms with E-state index in [1.54, 1.807) is 21.3 Å². The first kappa shape index (κ1) is 29.1. The number of nitrogens with zero attached hydrogens (tertiary/aromatic N) is 1. The fourth-order valence-electron chi connectivity index (χ4n) is 3.70. The van der Waals surface area contributed by atoms with Crippen LogP contribution in [-0.4, -0.2) is 46.3 Å². The van der Waals surface area contributed by atoms with Crippen molar-refractivity contribution >= 4 is 45.2 Å². The van der Waals surface area contributed by atoms with Crippen LogP contribution in [0.2, 0.25) is 0 Å². The van der Waals surface area contributed by atoms with E-state index in [0.717, 1.165) is 11.1 Å². The average Bonchev–Trinajstić information content (AvgIpc) is 2.94. The highest BCUT2D eigenvalue weighted by Gasteiger charge is 2.17. The third-order valence-corrected chi connectivity index (χ3v) is 6.15. The molecule has 204 valence electrons. The molecule has 0 bridgehead atoms. The van der Waals surface area contributed by atoms with Gasteiger partial charge in [-0.1, -0.05) is 12.2 Å². The molecular weight excluding hydrogens is 572 g/mol. The molecule has 3 aromatic carbocycles. The zero-order valence-electron chi connectivity index (χ0n) is 21.9. The smallest absolute Gasteiger partial charge is 0.311 e. The number of nitro benzene ring substituents is 1. The lowest BCUT2D eigenvalue weighted by Crippen LogP contribution is -2.00. The molecule has 0 saturated carbocycles. The van der Waals surface area contributed by atoms with Crippen LogP contribution >= 0.6 is 15.9 Å². The maximum Gasteiger partial charge on any atom is 0.311 e. The highest BCUT2D eigenvalue weighted by molar-refractivity contribution is 9.10. The van der Waals surface area contributed by atoms with Crippen molar-refractivity contribution in [2.45, 2.75) is 0 Å². The van der Waals surface area contributed by atoms with Crippen LogP contribution < -0.4 is 29.0 Å². The van der Waals surface area contributed by atoms with Gasteiger partial charge in [-0.25, -0.2) is 0 Å². The number of benzene rings is 3. The molecule has 0 atom stereocenters. The summed E-state index contributed by atoms with van der Waals surface area (Å²) in [5.74, 6) is 1.74. The lowest BCUT2D eigenvalue weighted by atomic mass is 10.1. The molecule has 0 unspecified atom stereocenters. The summed E-state index contributed by atoms with van der Waals surface area (Å²) in [6, 6.07) is 11.4. The Morgan fingerprint density at radius 1 is 0.821 bits per heavy atom. The molecule has 0 radical (unpaired) electrons. The van der Waals surface area contributed by atoms with Gasteiger partial charge in [0, 0.05) is 23.9 Å². The zero-order chi connectivity index (χ0) is 28.5. The third-order valence-electron chi connectivity index (χ3n) is 5.56. The van der Waals surface area contributed by atoms with Crippen molar-refractivity contribution in [3.63, 3.8) is 0 Å². The van der Waals surface area contributed by atoms with Crippen molar-refractivity contribution < 1.29 is 33.4 Å². The van der Waals surface area contributed by atoms with Crippen molar-refractivity contribution in [3.05, 3.63) is 86.0 Å². The van der Waals surface area contributed by atoms with Crippen LogP contribution in [0.4, 0.5) is 11.4 Å². The summed E-state index contributed by atoms with van der Waals surface area (Å²) in [6.07, 6.45) is 6.49. The van der Waals surface area contributed by atoms with Crippen molar-refractivity contribution in [2.75, 3.05) is 40.9 Å². The number of rotatable bonds is 12. The predicted molar refractivity (Wildman–Crippen MR) is 152 cm³/mol. The van der Waals surface area contributed by atoms with Gasteiger partial charge in [0.15, 0.2) is 28.8 Å². The maximum absolute atomic E-state index is 12.6. The van der Waals surface area contributed by atoms with Gasteiger partial charge in [0.1, 0.15) is 0 Å². The van der Waals surface area contributed by atoms with E-state index in [-0.39, 0.29) is 17.0 Å². The van der Waals surface area contributed by atoms with E-state index in [9.17, 15) is 14.9 Å². The highest BCUT2D eigenvalue weighted by atomic mass is 79.9. The Balaban J connectivity index is 1.86. The number of nitro groups is 1. The second-order valence-corrected chi connectivity index (χ2v) is 8.72. The number of anilines is 1. The number of halogens is 1. The molecule has 0 aliphatic rings. The zero-order valence-corrected chi connectivity index (χ0v) is 23.5. The van der Waals surface area contributed by atoms with E-state index < -0.39 is 10.7 Å². The lowest BCUT2D eigenvalue weighted by Gasteiger charge is -2.13. The van der Waals surface area contributed by atoms with Gasteiger partial charge in [-0.05, 0) is 63.5 Å². The van der Waals surface area contributed by atoms with Crippen LogP contribution in [0.5, 0.6) is 28.7 Å². The van der Waals surface area contributed by atoms with E-state index >= 15 is 0 Å². The molecule has 0 aliphatic heterocycles. The van der Waals surface area contributed by atoms with E-state index in [4.69, 9.17) is 23.7 Å². The maximum atomic E-state index is 12.6. The summed E-state index contributed by atoms with van der Waals surface area (Å²) in [5, 5.41) is 14.3. The van der Waals surface area contributed by atoms with E-state index in [1.807, 2.05) is 36.4 Å². The second-order valence-electron chi connectivity index (χ2n) is 7.86. The van der Waals surface area contributed by atoms with Gasteiger partial charge in [-0.15, -0.1) is 0 Å². The lowest BCUT2D eigenvalue weighted by molar-refractivity contribution is -0.385. The van der Waals surface area contributed by atoms with Gasteiger partial charge < -0.3 is 29.0 Å². The summed E-state index contributed by atoms with van der Waals surface area (Å²) in [6.45, 7) is 0. The van der Waals surface area contributed by atoms with Crippen molar-refractivity contribution in [1.29, 1.82) is 0 Å². The van der Waals surface area contributed by atoms with E-state index in [0.29, 0.717) is 33.2 Å². The van der Waals surface area contributed by atoms with Crippen LogP contribution in [-0.2, 0) is 0 Å². The minimum absolute atomic E-state index is 0.0737. The number of carbonyl (C=O) groups is 1. The minimum Gasteiger partial charge on any atom is -0.493 e. The van der Waals surface area contributed by atoms with Crippen molar-refractivity contribution in [1.82, 2.24) is 0 Å².